The normalized spacial score (nSPS) is 12.7. The fourth-order valence-corrected chi connectivity index (χ4v) is 1.83. The van der Waals surface area contributed by atoms with Gasteiger partial charge >= 0.3 is 0 Å². The minimum atomic E-state index is 0.213. The molecule has 1 unspecified atom stereocenters. The molecule has 0 saturated heterocycles. The second kappa shape index (κ2) is 8.94. The number of ether oxygens (including phenoxy) is 2. The molecule has 0 aliphatic carbocycles. The van der Waals surface area contributed by atoms with E-state index in [1.807, 2.05) is 12.1 Å². The molecule has 0 bridgehead atoms. The Kier molecular flexibility index (Phi) is 7.53. The fraction of sp³-hybridized carbons (Fsp3) is 0.625. The first kappa shape index (κ1) is 16.0. The van der Waals surface area contributed by atoms with Crippen LogP contribution in [0.2, 0.25) is 0 Å². The molecule has 0 amide bonds. The molecule has 0 aromatic heterocycles. The minimum Gasteiger partial charge on any atom is -0.489 e. The van der Waals surface area contributed by atoms with Gasteiger partial charge in [0.05, 0.1) is 6.61 Å². The molecule has 1 rings (SSSR count). The van der Waals surface area contributed by atoms with Gasteiger partial charge in [-0.1, -0.05) is 32.9 Å². The van der Waals surface area contributed by atoms with Crippen LogP contribution in [-0.2, 0) is 11.2 Å². The van der Waals surface area contributed by atoms with Crippen molar-refractivity contribution in [3.63, 3.8) is 0 Å². The van der Waals surface area contributed by atoms with E-state index >= 15 is 0 Å². The summed E-state index contributed by atoms with van der Waals surface area (Å²) in [7, 11) is 1.73. The molecule has 1 N–H and O–H groups in total. The van der Waals surface area contributed by atoms with Gasteiger partial charge in [0.1, 0.15) is 11.9 Å². The van der Waals surface area contributed by atoms with Gasteiger partial charge in [-0.2, -0.15) is 0 Å². The van der Waals surface area contributed by atoms with Gasteiger partial charge in [-0.05, 0) is 36.6 Å². The summed E-state index contributed by atoms with van der Waals surface area (Å²) in [6, 6.07) is 8.32. The van der Waals surface area contributed by atoms with Crippen molar-refractivity contribution < 1.29 is 9.47 Å². The quantitative estimate of drug-likeness (QED) is 0.744. The van der Waals surface area contributed by atoms with Crippen molar-refractivity contribution in [1.82, 2.24) is 5.32 Å². The highest BCUT2D eigenvalue weighted by atomic mass is 16.5. The van der Waals surface area contributed by atoms with E-state index in [9.17, 15) is 0 Å². The largest absolute Gasteiger partial charge is 0.489 e. The van der Waals surface area contributed by atoms with E-state index in [0.717, 1.165) is 31.9 Å². The molecule has 1 atom stereocenters. The van der Waals surface area contributed by atoms with Crippen LogP contribution < -0.4 is 10.1 Å². The molecular formula is C16H27NO2. The predicted molar refractivity (Wildman–Crippen MR) is 79.8 cm³/mol. The van der Waals surface area contributed by atoms with Gasteiger partial charge < -0.3 is 14.8 Å². The summed E-state index contributed by atoms with van der Waals surface area (Å²) in [6.45, 7) is 9.11. The van der Waals surface area contributed by atoms with E-state index in [1.54, 1.807) is 7.11 Å². The summed E-state index contributed by atoms with van der Waals surface area (Å²) in [5, 5.41) is 3.35. The highest BCUT2D eigenvalue weighted by Gasteiger charge is 2.14. The topological polar surface area (TPSA) is 30.5 Å². The Hall–Kier alpha value is -1.06. The molecule has 0 fully saturated rings. The van der Waals surface area contributed by atoms with Crippen molar-refractivity contribution in [1.29, 1.82) is 0 Å². The number of benzene rings is 1. The zero-order valence-corrected chi connectivity index (χ0v) is 12.6. The Morgan fingerprint density at radius 2 is 1.84 bits per heavy atom. The third kappa shape index (κ3) is 6.08. The average Bonchev–Trinajstić information content (AvgIpc) is 2.42. The van der Waals surface area contributed by atoms with E-state index in [4.69, 9.17) is 9.47 Å². The highest BCUT2D eigenvalue weighted by Crippen LogP contribution is 2.17. The van der Waals surface area contributed by atoms with E-state index in [1.165, 1.54) is 5.56 Å². The second-order valence-corrected chi connectivity index (χ2v) is 5.09. The van der Waals surface area contributed by atoms with Crippen molar-refractivity contribution in [2.45, 2.75) is 33.3 Å². The first-order valence-corrected chi connectivity index (χ1v) is 7.12. The lowest BCUT2D eigenvalue weighted by atomic mass is 10.1. The summed E-state index contributed by atoms with van der Waals surface area (Å²) >= 11 is 0. The van der Waals surface area contributed by atoms with E-state index < -0.39 is 0 Å². The van der Waals surface area contributed by atoms with Crippen LogP contribution in [0.25, 0.3) is 0 Å². The Morgan fingerprint density at radius 1 is 1.16 bits per heavy atom. The Balaban J connectivity index is 2.54. The molecule has 0 aliphatic rings. The van der Waals surface area contributed by atoms with Crippen LogP contribution in [0, 0.1) is 5.92 Å². The number of nitrogens with one attached hydrogen (secondary N) is 1. The van der Waals surface area contributed by atoms with Crippen LogP contribution in [0.1, 0.15) is 26.3 Å². The Morgan fingerprint density at radius 3 is 2.37 bits per heavy atom. The maximum atomic E-state index is 6.04. The average molecular weight is 265 g/mol. The van der Waals surface area contributed by atoms with Gasteiger partial charge in [-0.25, -0.2) is 0 Å². The zero-order valence-electron chi connectivity index (χ0n) is 12.6. The first-order valence-electron chi connectivity index (χ1n) is 7.12. The molecule has 108 valence electrons. The van der Waals surface area contributed by atoms with E-state index in [2.05, 4.69) is 38.2 Å². The molecule has 3 heteroatoms. The van der Waals surface area contributed by atoms with Crippen molar-refractivity contribution >= 4 is 0 Å². The number of hydrogen-bond acceptors (Lipinski definition) is 3. The lowest BCUT2D eigenvalue weighted by Crippen LogP contribution is -2.35. The summed E-state index contributed by atoms with van der Waals surface area (Å²) in [5.41, 5.74) is 1.28. The van der Waals surface area contributed by atoms with Crippen molar-refractivity contribution in [2.24, 2.45) is 5.92 Å². The third-order valence-corrected chi connectivity index (χ3v) is 3.14. The zero-order chi connectivity index (χ0) is 14.1. The Bertz CT molecular complexity index is 335. The number of rotatable bonds is 9. The van der Waals surface area contributed by atoms with Crippen molar-refractivity contribution in [2.75, 3.05) is 26.8 Å². The van der Waals surface area contributed by atoms with Gasteiger partial charge in [0.2, 0.25) is 0 Å². The third-order valence-electron chi connectivity index (χ3n) is 3.14. The van der Waals surface area contributed by atoms with Crippen molar-refractivity contribution in [3.05, 3.63) is 29.8 Å². The monoisotopic (exact) mass is 265 g/mol. The van der Waals surface area contributed by atoms with Gasteiger partial charge in [-0.3, -0.25) is 0 Å². The summed E-state index contributed by atoms with van der Waals surface area (Å²) in [6.07, 6.45) is 1.16. The number of methoxy groups -OCH3 is 1. The van der Waals surface area contributed by atoms with Gasteiger partial charge in [-0.15, -0.1) is 0 Å². The molecule has 0 spiro atoms. The van der Waals surface area contributed by atoms with Gasteiger partial charge in [0.25, 0.3) is 0 Å². The standard InChI is InChI=1S/C16H27NO2/c1-5-17-12-16(13(2)3)19-15-8-6-14(7-9-15)10-11-18-4/h6-9,13,16-17H,5,10-12H2,1-4H3. The van der Waals surface area contributed by atoms with E-state index in [0.29, 0.717) is 5.92 Å². The molecule has 1 aromatic carbocycles. The molecular weight excluding hydrogens is 238 g/mol. The van der Waals surface area contributed by atoms with E-state index in [-0.39, 0.29) is 6.10 Å². The lowest BCUT2D eigenvalue weighted by molar-refractivity contribution is 0.149. The predicted octanol–water partition coefficient (Wildman–Crippen LogP) is 2.89. The summed E-state index contributed by atoms with van der Waals surface area (Å²) < 4.78 is 11.1. The molecule has 3 nitrogen and oxygen atoms in total. The number of hydrogen-bond donors (Lipinski definition) is 1. The second-order valence-electron chi connectivity index (χ2n) is 5.09. The van der Waals surface area contributed by atoms with Crippen molar-refractivity contribution in [3.8, 4) is 5.75 Å². The maximum absolute atomic E-state index is 6.04. The lowest BCUT2D eigenvalue weighted by Gasteiger charge is -2.23. The van der Waals surface area contributed by atoms with Crippen LogP contribution >= 0.6 is 0 Å². The smallest absolute Gasteiger partial charge is 0.119 e. The van der Waals surface area contributed by atoms with Gasteiger partial charge in [0.15, 0.2) is 0 Å². The summed E-state index contributed by atoms with van der Waals surface area (Å²) in [4.78, 5) is 0. The maximum Gasteiger partial charge on any atom is 0.119 e. The molecule has 1 aromatic rings. The summed E-state index contributed by atoms with van der Waals surface area (Å²) in [5.74, 6) is 1.44. The van der Waals surface area contributed by atoms with Crippen LogP contribution in [0.4, 0.5) is 0 Å². The fourth-order valence-electron chi connectivity index (χ4n) is 1.83. The van der Waals surface area contributed by atoms with Crippen LogP contribution in [-0.4, -0.2) is 32.9 Å². The van der Waals surface area contributed by atoms with Crippen LogP contribution in [0.15, 0.2) is 24.3 Å². The Labute approximate surface area is 117 Å². The van der Waals surface area contributed by atoms with Crippen LogP contribution in [0.5, 0.6) is 5.75 Å². The minimum absolute atomic E-state index is 0.213. The molecule has 0 heterocycles. The highest BCUT2D eigenvalue weighted by molar-refractivity contribution is 5.27. The molecule has 0 radical (unpaired) electrons. The molecule has 19 heavy (non-hydrogen) atoms. The molecule has 0 aliphatic heterocycles. The van der Waals surface area contributed by atoms with Gasteiger partial charge in [0, 0.05) is 13.7 Å². The molecule has 0 saturated carbocycles. The SMILES string of the molecule is CCNCC(Oc1ccc(CCOC)cc1)C(C)C. The first-order chi connectivity index (χ1) is 9.17. The number of likely N-dealkylation sites (N-methyl/N-ethyl adjacent to an activating group) is 1. The van der Waals surface area contributed by atoms with Crippen LogP contribution in [0.3, 0.4) is 0 Å².